The summed E-state index contributed by atoms with van der Waals surface area (Å²) < 4.78 is 5.80. The Labute approximate surface area is 125 Å². The van der Waals surface area contributed by atoms with E-state index < -0.39 is 0 Å². The Kier molecular flexibility index (Phi) is 6.06. The molecule has 0 heterocycles. The van der Waals surface area contributed by atoms with Gasteiger partial charge in [-0.3, -0.25) is 0 Å². The van der Waals surface area contributed by atoms with Crippen molar-refractivity contribution in [3.63, 3.8) is 0 Å². The van der Waals surface area contributed by atoms with E-state index in [4.69, 9.17) is 16.3 Å². The fourth-order valence-electron chi connectivity index (χ4n) is 1.99. The first-order chi connectivity index (χ1) is 9.79. The summed E-state index contributed by atoms with van der Waals surface area (Å²) >= 11 is 5.86. The molecule has 106 valence electrons. The fourth-order valence-corrected chi connectivity index (χ4v) is 2.12. The molecule has 2 rings (SSSR count). The lowest BCUT2D eigenvalue weighted by Gasteiger charge is -2.10. The monoisotopic (exact) mass is 289 g/mol. The Bertz CT molecular complexity index is 525. The van der Waals surface area contributed by atoms with E-state index in [1.807, 2.05) is 24.3 Å². The van der Waals surface area contributed by atoms with Crippen LogP contribution < -0.4 is 5.32 Å². The predicted molar refractivity (Wildman–Crippen MR) is 83.8 cm³/mol. The topological polar surface area (TPSA) is 21.3 Å². The van der Waals surface area contributed by atoms with E-state index in [0.717, 1.165) is 23.7 Å². The molecule has 0 radical (unpaired) electrons. The lowest BCUT2D eigenvalue weighted by atomic mass is 10.1. The van der Waals surface area contributed by atoms with Gasteiger partial charge < -0.3 is 10.1 Å². The van der Waals surface area contributed by atoms with Crippen LogP contribution in [0.3, 0.4) is 0 Å². The van der Waals surface area contributed by atoms with Crippen molar-refractivity contribution in [3.05, 3.63) is 70.2 Å². The molecule has 3 heteroatoms. The van der Waals surface area contributed by atoms with E-state index in [9.17, 15) is 0 Å². The van der Waals surface area contributed by atoms with Crippen LogP contribution in [0.2, 0.25) is 5.02 Å². The molecule has 0 saturated carbocycles. The van der Waals surface area contributed by atoms with Crippen molar-refractivity contribution >= 4 is 11.6 Å². The van der Waals surface area contributed by atoms with Gasteiger partial charge in [0.25, 0.3) is 0 Å². The molecule has 0 spiro atoms. The summed E-state index contributed by atoms with van der Waals surface area (Å²) in [6.45, 7) is 5.20. The third-order valence-corrected chi connectivity index (χ3v) is 3.38. The third kappa shape index (κ3) is 4.64. The molecule has 0 atom stereocenters. The van der Waals surface area contributed by atoms with Gasteiger partial charge in [-0.15, -0.1) is 0 Å². The largest absolute Gasteiger partial charge is 0.372 e. The maximum Gasteiger partial charge on any atom is 0.0724 e. The van der Waals surface area contributed by atoms with Crippen LogP contribution in [-0.4, -0.2) is 6.54 Å². The normalized spacial score (nSPS) is 10.7. The second-order valence-electron chi connectivity index (χ2n) is 4.67. The highest BCUT2D eigenvalue weighted by Gasteiger charge is 2.01. The molecule has 2 nitrogen and oxygen atoms in total. The first-order valence-corrected chi connectivity index (χ1v) is 7.27. The number of hydrogen-bond acceptors (Lipinski definition) is 2. The predicted octanol–water partition coefficient (Wildman–Crippen LogP) is 4.17. The smallest absolute Gasteiger partial charge is 0.0724 e. The molecule has 0 aliphatic carbocycles. The number of halogens is 1. The molecule has 0 aromatic heterocycles. The van der Waals surface area contributed by atoms with Crippen LogP contribution in [0, 0.1) is 0 Å². The molecule has 2 aromatic rings. The van der Waals surface area contributed by atoms with Gasteiger partial charge in [0, 0.05) is 11.6 Å². The van der Waals surface area contributed by atoms with Gasteiger partial charge in [-0.1, -0.05) is 54.9 Å². The SMILES string of the molecule is CCNCc1ccccc1COCc1ccc(Cl)cc1. The zero-order valence-electron chi connectivity index (χ0n) is 11.7. The second kappa shape index (κ2) is 8.05. The minimum Gasteiger partial charge on any atom is -0.372 e. The zero-order valence-corrected chi connectivity index (χ0v) is 12.5. The Balaban J connectivity index is 1.88. The number of benzene rings is 2. The van der Waals surface area contributed by atoms with E-state index >= 15 is 0 Å². The van der Waals surface area contributed by atoms with Crippen molar-refractivity contribution in [2.45, 2.75) is 26.7 Å². The summed E-state index contributed by atoms with van der Waals surface area (Å²) in [6.07, 6.45) is 0. The number of nitrogens with one attached hydrogen (secondary N) is 1. The minimum atomic E-state index is 0.604. The van der Waals surface area contributed by atoms with Crippen LogP contribution >= 0.6 is 11.6 Å². The lowest BCUT2D eigenvalue weighted by molar-refractivity contribution is 0.106. The van der Waals surface area contributed by atoms with Crippen molar-refractivity contribution in [2.75, 3.05) is 6.54 Å². The highest BCUT2D eigenvalue weighted by molar-refractivity contribution is 6.30. The van der Waals surface area contributed by atoms with Crippen molar-refractivity contribution in [1.29, 1.82) is 0 Å². The summed E-state index contributed by atoms with van der Waals surface area (Å²) in [5.41, 5.74) is 3.67. The molecule has 20 heavy (non-hydrogen) atoms. The summed E-state index contributed by atoms with van der Waals surface area (Å²) in [7, 11) is 0. The summed E-state index contributed by atoms with van der Waals surface area (Å²) in [5.74, 6) is 0. The van der Waals surface area contributed by atoms with Crippen LogP contribution in [0.15, 0.2) is 48.5 Å². The average molecular weight is 290 g/mol. The number of ether oxygens (including phenoxy) is 1. The van der Waals surface area contributed by atoms with Gasteiger partial charge in [0.05, 0.1) is 13.2 Å². The van der Waals surface area contributed by atoms with Gasteiger partial charge in [-0.05, 0) is 35.4 Å². The average Bonchev–Trinajstić information content (AvgIpc) is 2.48. The van der Waals surface area contributed by atoms with Crippen molar-refractivity contribution in [1.82, 2.24) is 5.32 Å². The minimum absolute atomic E-state index is 0.604. The van der Waals surface area contributed by atoms with Crippen molar-refractivity contribution in [3.8, 4) is 0 Å². The van der Waals surface area contributed by atoms with Crippen LogP contribution in [0.25, 0.3) is 0 Å². The molecular formula is C17H20ClNO. The molecule has 1 N–H and O–H groups in total. The quantitative estimate of drug-likeness (QED) is 0.826. The van der Waals surface area contributed by atoms with Crippen LogP contribution in [-0.2, 0) is 24.5 Å². The van der Waals surface area contributed by atoms with Crippen molar-refractivity contribution in [2.24, 2.45) is 0 Å². The second-order valence-corrected chi connectivity index (χ2v) is 5.10. The molecule has 0 saturated heterocycles. The maximum atomic E-state index is 5.86. The van der Waals surface area contributed by atoms with Crippen LogP contribution in [0.5, 0.6) is 0 Å². The van der Waals surface area contributed by atoms with E-state index in [0.29, 0.717) is 13.2 Å². The first-order valence-electron chi connectivity index (χ1n) is 6.89. The fraction of sp³-hybridized carbons (Fsp3) is 0.294. The van der Waals surface area contributed by atoms with Crippen LogP contribution in [0.1, 0.15) is 23.6 Å². The van der Waals surface area contributed by atoms with E-state index in [1.165, 1.54) is 11.1 Å². The Morgan fingerprint density at radius 3 is 2.35 bits per heavy atom. The number of hydrogen-bond donors (Lipinski definition) is 1. The first kappa shape index (κ1) is 15.0. The molecule has 2 aromatic carbocycles. The molecule has 0 fully saturated rings. The summed E-state index contributed by atoms with van der Waals surface area (Å²) in [6, 6.07) is 16.1. The highest BCUT2D eigenvalue weighted by Crippen LogP contribution is 2.13. The van der Waals surface area contributed by atoms with Gasteiger partial charge in [0.15, 0.2) is 0 Å². The zero-order chi connectivity index (χ0) is 14.2. The van der Waals surface area contributed by atoms with Gasteiger partial charge in [0.2, 0.25) is 0 Å². The van der Waals surface area contributed by atoms with E-state index in [1.54, 1.807) is 0 Å². The highest BCUT2D eigenvalue weighted by atomic mass is 35.5. The number of rotatable bonds is 7. The lowest BCUT2D eigenvalue weighted by Crippen LogP contribution is -2.13. The maximum absolute atomic E-state index is 5.86. The standard InChI is InChI=1S/C17H20ClNO/c1-2-19-11-15-5-3-4-6-16(15)13-20-12-14-7-9-17(18)10-8-14/h3-10,19H,2,11-13H2,1H3. The van der Waals surface area contributed by atoms with E-state index in [-0.39, 0.29) is 0 Å². The molecular weight excluding hydrogens is 270 g/mol. The molecule has 0 unspecified atom stereocenters. The summed E-state index contributed by atoms with van der Waals surface area (Å²) in [5, 5.41) is 4.10. The van der Waals surface area contributed by atoms with Gasteiger partial charge in [0.1, 0.15) is 0 Å². The Hall–Kier alpha value is -1.35. The molecule has 0 aliphatic heterocycles. The third-order valence-electron chi connectivity index (χ3n) is 3.12. The van der Waals surface area contributed by atoms with Crippen LogP contribution in [0.4, 0.5) is 0 Å². The Morgan fingerprint density at radius 2 is 1.65 bits per heavy atom. The van der Waals surface area contributed by atoms with Gasteiger partial charge in [-0.25, -0.2) is 0 Å². The molecule has 0 aliphatic rings. The molecule has 0 bridgehead atoms. The Morgan fingerprint density at radius 1 is 0.950 bits per heavy atom. The van der Waals surface area contributed by atoms with Gasteiger partial charge in [-0.2, -0.15) is 0 Å². The van der Waals surface area contributed by atoms with E-state index in [2.05, 4.69) is 36.5 Å². The molecule has 0 amide bonds. The van der Waals surface area contributed by atoms with Crippen molar-refractivity contribution < 1.29 is 4.74 Å². The van der Waals surface area contributed by atoms with Gasteiger partial charge >= 0.3 is 0 Å². The summed E-state index contributed by atoms with van der Waals surface area (Å²) in [4.78, 5) is 0.